The smallest absolute Gasteiger partial charge is 0.337 e. The number of hydrogen-bond donors (Lipinski definition) is 1. The van der Waals surface area contributed by atoms with Crippen LogP contribution in [0.3, 0.4) is 0 Å². The van der Waals surface area contributed by atoms with Crippen molar-refractivity contribution in [3.8, 4) is 0 Å². The van der Waals surface area contributed by atoms with Crippen LogP contribution in [0, 0.1) is 6.92 Å². The predicted octanol–water partition coefficient (Wildman–Crippen LogP) is 1.07. The van der Waals surface area contributed by atoms with Crippen molar-refractivity contribution in [1.29, 1.82) is 0 Å². The molecule has 0 spiro atoms. The van der Waals surface area contributed by atoms with Gasteiger partial charge >= 0.3 is 13.5 Å². The first-order valence-electron chi connectivity index (χ1n) is 7.80. The fourth-order valence-electron chi connectivity index (χ4n) is 2.36. The minimum atomic E-state index is -3.60. The summed E-state index contributed by atoms with van der Waals surface area (Å²) in [7, 11) is -1.64. The Kier molecular flexibility index (Phi) is 6.34. The van der Waals surface area contributed by atoms with Crippen LogP contribution in [0.25, 0.3) is 0 Å². The molecule has 0 heterocycles. The lowest BCUT2D eigenvalue weighted by Crippen LogP contribution is -2.20. The Morgan fingerprint density at radius 1 is 1.08 bits per heavy atom. The Bertz CT molecular complexity index is 919. The second-order valence-electron chi connectivity index (χ2n) is 5.77. The highest BCUT2D eigenvalue weighted by Gasteiger charge is 2.19. The molecule has 0 saturated carbocycles. The van der Waals surface area contributed by atoms with E-state index in [1.54, 1.807) is 12.1 Å². The third kappa shape index (κ3) is 4.80. The van der Waals surface area contributed by atoms with Crippen LogP contribution in [0.1, 0.15) is 32.7 Å². The Balaban J connectivity index is 2.19. The molecule has 0 aliphatic carbocycles. The average molecular weight is 373 g/mol. The molecule has 135 valence electrons. The van der Waals surface area contributed by atoms with Crippen LogP contribution in [-0.4, -0.2) is 45.5 Å². The molecule has 2 rings (SSSR count). The van der Waals surface area contributed by atoms with Crippen LogP contribution in [0.15, 0.2) is 47.4 Å². The van der Waals surface area contributed by atoms with Crippen molar-refractivity contribution in [2.45, 2.75) is 18.2 Å². The van der Waals surface area contributed by atoms with E-state index in [2.05, 4.69) is 4.74 Å². The van der Waals surface area contributed by atoms with Gasteiger partial charge in [-0.2, -0.15) is 0 Å². The second-order valence-corrected chi connectivity index (χ2v) is 7.88. The van der Waals surface area contributed by atoms with Crippen LogP contribution in [0.2, 0.25) is 0 Å². The standard InChI is InChI=1S/C18H18BO6S/c1-12-3-5-16(6-4-12)26(23,24)8-7-17(20)13-9-14(18(21)25-2)11-15(10-13)19-22/h3-6,9-11,22H,7-8H2,1-2H3. The lowest BCUT2D eigenvalue weighted by molar-refractivity contribution is 0.0601. The number of ether oxygens (including phenoxy) is 1. The van der Waals surface area contributed by atoms with Gasteiger partial charge in [-0.25, -0.2) is 13.2 Å². The van der Waals surface area contributed by atoms with Crippen molar-refractivity contribution in [3.05, 3.63) is 59.2 Å². The van der Waals surface area contributed by atoms with E-state index in [0.717, 1.165) is 13.0 Å². The molecule has 2 aromatic rings. The van der Waals surface area contributed by atoms with E-state index in [0.29, 0.717) is 0 Å². The highest BCUT2D eigenvalue weighted by molar-refractivity contribution is 7.91. The molecule has 0 fully saturated rings. The number of carbonyl (C=O) groups excluding carboxylic acids is 2. The van der Waals surface area contributed by atoms with Gasteiger partial charge < -0.3 is 9.76 Å². The Morgan fingerprint density at radius 3 is 2.27 bits per heavy atom. The summed E-state index contributed by atoms with van der Waals surface area (Å²) >= 11 is 0. The number of ketones is 1. The SMILES string of the molecule is COC(=O)c1cc([B]O)cc(C(=O)CCS(=O)(=O)c2ccc(C)cc2)c1. The maximum atomic E-state index is 12.4. The molecule has 1 N–H and O–H groups in total. The van der Waals surface area contributed by atoms with Crippen LogP contribution < -0.4 is 5.46 Å². The molecule has 0 saturated heterocycles. The largest absolute Gasteiger partial charge is 0.465 e. The van der Waals surface area contributed by atoms with Gasteiger partial charge in [-0.1, -0.05) is 35.3 Å². The number of carbonyl (C=O) groups is 2. The summed E-state index contributed by atoms with van der Waals surface area (Å²) in [4.78, 5) is 24.2. The molecule has 8 heteroatoms. The fraction of sp³-hybridized carbons (Fsp3) is 0.222. The number of methoxy groups -OCH3 is 1. The third-order valence-corrected chi connectivity index (χ3v) is 5.56. The molecule has 0 atom stereocenters. The number of rotatable bonds is 7. The van der Waals surface area contributed by atoms with Gasteiger partial charge in [0, 0.05) is 12.0 Å². The quantitative estimate of drug-likeness (QED) is 0.443. The van der Waals surface area contributed by atoms with Crippen LogP contribution in [0.5, 0.6) is 0 Å². The zero-order valence-corrected chi connectivity index (χ0v) is 15.2. The van der Waals surface area contributed by atoms with Gasteiger partial charge in [-0.05, 0) is 25.1 Å². The summed E-state index contributed by atoms with van der Waals surface area (Å²) in [5.74, 6) is -1.46. The predicted molar refractivity (Wildman–Crippen MR) is 97.6 cm³/mol. The van der Waals surface area contributed by atoms with Gasteiger partial charge in [0.1, 0.15) is 0 Å². The molecular weight excluding hydrogens is 355 g/mol. The molecule has 0 aliphatic rings. The maximum Gasteiger partial charge on any atom is 0.337 e. The van der Waals surface area contributed by atoms with Crippen molar-refractivity contribution in [2.24, 2.45) is 0 Å². The van der Waals surface area contributed by atoms with E-state index < -0.39 is 21.6 Å². The number of esters is 1. The Morgan fingerprint density at radius 2 is 1.69 bits per heavy atom. The molecule has 6 nitrogen and oxygen atoms in total. The lowest BCUT2D eigenvalue weighted by atomic mass is 9.85. The van der Waals surface area contributed by atoms with E-state index in [4.69, 9.17) is 5.02 Å². The monoisotopic (exact) mass is 373 g/mol. The van der Waals surface area contributed by atoms with Gasteiger partial charge in [0.05, 0.1) is 23.3 Å². The van der Waals surface area contributed by atoms with Crippen molar-refractivity contribution >= 4 is 34.5 Å². The van der Waals surface area contributed by atoms with Gasteiger partial charge in [-0.3, -0.25) is 4.79 Å². The zero-order valence-electron chi connectivity index (χ0n) is 14.4. The van der Waals surface area contributed by atoms with Crippen LogP contribution in [-0.2, 0) is 14.6 Å². The third-order valence-electron chi connectivity index (χ3n) is 3.83. The molecular formula is C18H18BO6S. The van der Waals surface area contributed by atoms with Crippen molar-refractivity contribution in [1.82, 2.24) is 0 Å². The molecule has 0 unspecified atom stereocenters. The first kappa shape index (κ1) is 19.9. The second kappa shape index (κ2) is 8.29. The normalized spacial score (nSPS) is 11.0. The maximum absolute atomic E-state index is 12.4. The number of aryl methyl sites for hydroxylation is 1. The molecule has 1 radical (unpaired) electrons. The van der Waals surface area contributed by atoms with Crippen molar-refractivity contribution in [2.75, 3.05) is 12.9 Å². The van der Waals surface area contributed by atoms with E-state index in [1.165, 1.54) is 37.4 Å². The highest BCUT2D eigenvalue weighted by Crippen LogP contribution is 2.15. The number of hydrogen-bond acceptors (Lipinski definition) is 6. The molecule has 0 aliphatic heterocycles. The van der Waals surface area contributed by atoms with Crippen LogP contribution in [0.4, 0.5) is 0 Å². The minimum absolute atomic E-state index is 0.0973. The summed E-state index contributed by atoms with van der Waals surface area (Å²) < 4.78 is 29.3. The van der Waals surface area contributed by atoms with Gasteiger partial charge in [-0.15, -0.1) is 0 Å². The fourth-order valence-corrected chi connectivity index (χ4v) is 3.60. The minimum Gasteiger partial charge on any atom is -0.465 e. The Labute approximate surface area is 153 Å². The van der Waals surface area contributed by atoms with Crippen molar-refractivity contribution < 1.29 is 27.8 Å². The van der Waals surface area contributed by atoms with E-state index in [1.807, 2.05) is 6.92 Å². The molecule has 0 bridgehead atoms. The summed E-state index contributed by atoms with van der Waals surface area (Å²) in [6, 6.07) is 10.5. The molecule has 0 amide bonds. The lowest BCUT2D eigenvalue weighted by Gasteiger charge is -2.08. The summed E-state index contributed by atoms with van der Waals surface area (Å²) in [5.41, 5.74) is 1.41. The number of sulfone groups is 1. The number of benzene rings is 2. The average Bonchev–Trinajstić information content (AvgIpc) is 2.65. The molecule has 0 aromatic heterocycles. The first-order valence-corrected chi connectivity index (χ1v) is 9.45. The van der Waals surface area contributed by atoms with E-state index in [9.17, 15) is 18.0 Å². The van der Waals surface area contributed by atoms with Crippen molar-refractivity contribution in [3.63, 3.8) is 0 Å². The van der Waals surface area contributed by atoms with Gasteiger partial charge in [0.2, 0.25) is 0 Å². The topological polar surface area (TPSA) is 97.7 Å². The Hall–Kier alpha value is -2.45. The molecule has 2 aromatic carbocycles. The number of Topliss-reactive ketones (excluding diaryl/α,β-unsaturated/α-hetero) is 1. The highest BCUT2D eigenvalue weighted by atomic mass is 32.2. The first-order chi connectivity index (χ1) is 12.3. The van der Waals surface area contributed by atoms with Crippen LogP contribution >= 0.6 is 0 Å². The summed E-state index contributed by atoms with van der Waals surface area (Å²) in [6.45, 7) is 1.85. The summed E-state index contributed by atoms with van der Waals surface area (Å²) in [5, 5.41) is 9.17. The summed E-state index contributed by atoms with van der Waals surface area (Å²) in [6.07, 6.45) is -0.244. The molecule has 26 heavy (non-hydrogen) atoms. The van der Waals surface area contributed by atoms with Gasteiger partial charge in [0.25, 0.3) is 0 Å². The van der Waals surface area contributed by atoms with E-state index >= 15 is 0 Å². The van der Waals surface area contributed by atoms with E-state index in [-0.39, 0.29) is 33.7 Å². The zero-order chi connectivity index (χ0) is 19.3. The van der Waals surface area contributed by atoms with Gasteiger partial charge in [0.15, 0.2) is 15.6 Å².